The fourth-order valence-corrected chi connectivity index (χ4v) is 2.47. The van der Waals surface area contributed by atoms with E-state index < -0.39 is 0 Å². The number of ether oxygens (including phenoxy) is 1. The standard InChI is InChI=1S/C12H15FINO/c1-8-6-11(14)10(13)7-12(8)16-9-2-4-15-5-3-9/h6-7,9,15H,2-5H2,1H3. The number of nitrogens with one attached hydrogen (secondary N) is 1. The Labute approximate surface area is 109 Å². The molecule has 0 amide bonds. The van der Waals surface area contributed by atoms with Gasteiger partial charge in [0.05, 0.1) is 0 Å². The second-order valence-electron chi connectivity index (χ2n) is 4.10. The molecule has 2 nitrogen and oxygen atoms in total. The maximum Gasteiger partial charge on any atom is 0.140 e. The van der Waals surface area contributed by atoms with Crippen LogP contribution in [0, 0.1) is 16.3 Å². The molecule has 1 aliphatic rings. The topological polar surface area (TPSA) is 21.3 Å². The molecule has 0 saturated carbocycles. The van der Waals surface area contributed by atoms with Crippen molar-refractivity contribution in [3.05, 3.63) is 27.1 Å². The molecule has 0 atom stereocenters. The third-order valence-corrected chi connectivity index (χ3v) is 3.62. The fraction of sp³-hybridized carbons (Fsp3) is 0.500. The van der Waals surface area contributed by atoms with E-state index in [0.717, 1.165) is 31.5 Å². The van der Waals surface area contributed by atoms with Crippen LogP contribution >= 0.6 is 22.6 Å². The van der Waals surface area contributed by atoms with E-state index in [1.54, 1.807) is 0 Å². The molecular formula is C12H15FINO. The van der Waals surface area contributed by atoms with Crippen molar-refractivity contribution < 1.29 is 9.13 Å². The number of piperidine rings is 1. The van der Waals surface area contributed by atoms with Gasteiger partial charge in [0.1, 0.15) is 17.7 Å². The Kier molecular flexibility index (Phi) is 4.02. The van der Waals surface area contributed by atoms with Crippen molar-refractivity contribution in [2.24, 2.45) is 0 Å². The molecule has 16 heavy (non-hydrogen) atoms. The summed E-state index contributed by atoms with van der Waals surface area (Å²) in [7, 11) is 0. The number of benzene rings is 1. The van der Waals surface area contributed by atoms with Gasteiger partial charge in [-0.25, -0.2) is 4.39 Å². The Balaban J connectivity index is 2.11. The van der Waals surface area contributed by atoms with Gasteiger partial charge >= 0.3 is 0 Å². The van der Waals surface area contributed by atoms with Gasteiger partial charge < -0.3 is 10.1 Å². The number of rotatable bonds is 2. The normalized spacial score (nSPS) is 17.4. The molecule has 1 aliphatic heterocycles. The van der Waals surface area contributed by atoms with Crippen LogP contribution in [0.2, 0.25) is 0 Å². The van der Waals surface area contributed by atoms with Crippen LogP contribution < -0.4 is 10.1 Å². The molecule has 0 aliphatic carbocycles. The predicted molar refractivity (Wildman–Crippen MR) is 70.4 cm³/mol. The van der Waals surface area contributed by atoms with E-state index in [9.17, 15) is 4.39 Å². The van der Waals surface area contributed by atoms with Gasteiger partial charge in [0, 0.05) is 9.64 Å². The summed E-state index contributed by atoms with van der Waals surface area (Å²) in [5.41, 5.74) is 1.00. The summed E-state index contributed by atoms with van der Waals surface area (Å²) in [5.74, 6) is 0.486. The zero-order valence-electron chi connectivity index (χ0n) is 9.22. The minimum Gasteiger partial charge on any atom is -0.490 e. The van der Waals surface area contributed by atoms with E-state index in [1.807, 2.05) is 35.6 Å². The van der Waals surface area contributed by atoms with Crippen LogP contribution in [0.3, 0.4) is 0 Å². The molecular weight excluding hydrogens is 320 g/mol. The molecule has 4 heteroatoms. The molecule has 0 bridgehead atoms. The van der Waals surface area contributed by atoms with Crippen LogP contribution in [0.1, 0.15) is 18.4 Å². The van der Waals surface area contributed by atoms with Crippen molar-refractivity contribution in [1.29, 1.82) is 0 Å². The zero-order chi connectivity index (χ0) is 11.5. The van der Waals surface area contributed by atoms with Crippen LogP contribution in [0.4, 0.5) is 4.39 Å². The van der Waals surface area contributed by atoms with Crippen LogP contribution in [0.15, 0.2) is 12.1 Å². The average molecular weight is 335 g/mol. The maximum absolute atomic E-state index is 13.4. The zero-order valence-corrected chi connectivity index (χ0v) is 11.4. The largest absolute Gasteiger partial charge is 0.490 e. The highest BCUT2D eigenvalue weighted by Gasteiger charge is 2.16. The van der Waals surface area contributed by atoms with Crippen molar-refractivity contribution in [1.82, 2.24) is 5.32 Å². The molecule has 1 aromatic rings. The first-order valence-corrected chi connectivity index (χ1v) is 6.57. The van der Waals surface area contributed by atoms with Gasteiger partial charge in [-0.2, -0.15) is 0 Å². The Hall–Kier alpha value is -0.360. The van der Waals surface area contributed by atoms with Crippen molar-refractivity contribution in [2.45, 2.75) is 25.9 Å². The first-order valence-electron chi connectivity index (χ1n) is 5.50. The van der Waals surface area contributed by atoms with Crippen LogP contribution in [0.5, 0.6) is 5.75 Å². The van der Waals surface area contributed by atoms with E-state index in [1.165, 1.54) is 6.07 Å². The summed E-state index contributed by atoms with van der Waals surface area (Å²) in [4.78, 5) is 0. The smallest absolute Gasteiger partial charge is 0.140 e. The third-order valence-electron chi connectivity index (χ3n) is 2.80. The monoisotopic (exact) mass is 335 g/mol. The Morgan fingerprint density at radius 2 is 2.06 bits per heavy atom. The summed E-state index contributed by atoms with van der Waals surface area (Å²) >= 11 is 2.00. The molecule has 1 aromatic carbocycles. The Morgan fingerprint density at radius 1 is 1.38 bits per heavy atom. The number of aryl methyl sites for hydroxylation is 1. The van der Waals surface area contributed by atoms with Gasteiger partial charge in [0.2, 0.25) is 0 Å². The molecule has 1 saturated heterocycles. The van der Waals surface area contributed by atoms with Crippen molar-refractivity contribution >= 4 is 22.6 Å². The molecule has 0 spiro atoms. The molecule has 0 radical (unpaired) electrons. The minimum absolute atomic E-state index is 0.199. The van der Waals surface area contributed by atoms with E-state index >= 15 is 0 Å². The van der Waals surface area contributed by atoms with Crippen molar-refractivity contribution in [3.63, 3.8) is 0 Å². The van der Waals surface area contributed by atoms with E-state index in [2.05, 4.69) is 5.32 Å². The molecule has 1 N–H and O–H groups in total. The summed E-state index contributed by atoms with van der Waals surface area (Å²) in [6.45, 7) is 3.92. The predicted octanol–water partition coefficient (Wildman–Crippen LogP) is 2.87. The van der Waals surface area contributed by atoms with Gasteiger partial charge in [0.25, 0.3) is 0 Å². The number of hydrogen-bond donors (Lipinski definition) is 1. The van der Waals surface area contributed by atoms with Crippen LogP contribution in [0.25, 0.3) is 0 Å². The molecule has 1 fully saturated rings. The summed E-state index contributed by atoms with van der Waals surface area (Å²) in [5, 5.41) is 3.28. The lowest BCUT2D eigenvalue weighted by molar-refractivity contribution is 0.161. The summed E-state index contributed by atoms with van der Waals surface area (Å²) in [6.07, 6.45) is 2.21. The highest BCUT2D eigenvalue weighted by Crippen LogP contribution is 2.25. The first-order chi connectivity index (χ1) is 7.66. The Morgan fingerprint density at radius 3 is 2.75 bits per heavy atom. The van der Waals surface area contributed by atoms with Gasteiger partial charge in [-0.15, -0.1) is 0 Å². The van der Waals surface area contributed by atoms with E-state index in [0.29, 0.717) is 9.32 Å². The quantitative estimate of drug-likeness (QED) is 0.840. The fourth-order valence-electron chi connectivity index (χ4n) is 1.85. The highest BCUT2D eigenvalue weighted by atomic mass is 127. The summed E-state index contributed by atoms with van der Waals surface area (Å²) < 4.78 is 19.9. The summed E-state index contributed by atoms with van der Waals surface area (Å²) in [6, 6.07) is 3.32. The lowest BCUT2D eigenvalue weighted by atomic mass is 10.1. The van der Waals surface area contributed by atoms with Gasteiger partial charge in [-0.3, -0.25) is 0 Å². The van der Waals surface area contributed by atoms with Crippen molar-refractivity contribution in [3.8, 4) is 5.75 Å². The molecule has 1 heterocycles. The molecule has 0 unspecified atom stereocenters. The number of hydrogen-bond acceptors (Lipinski definition) is 2. The molecule has 2 rings (SSSR count). The van der Waals surface area contributed by atoms with Crippen molar-refractivity contribution in [2.75, 3.05) is 13.1 Å². The molecule has 0 aromatic heterocycles. The highest BCUT2D eigenvalue weighted by molar-refractivity contribution is 14.1. The lowest BCUT2D eigenvalue weighted by Crippen LogP contribution is -2.34. The average Bonchev–Trinajstić information content (AvgIpc) is 2.27. The third kappa shape index (κ3) is 2.85. The van der Waals surface area contributed by atoms with Gasteiger partial charge in [0.15, 0.2) is 0 Å². The minimum atomic E-state index is -0.199. The lowest BCUT2D eigenvalue weighted by Gasteiger charge is -2.24. The maximum atomic E-state index is 13.4. The Bertz CT molecular complexity index is 378. The SMILES string of the molecule is Cc1cc(I)c(F)cc1OC1CCNCC1. The van der Waals surface area contributed by atoms with Gasteiger partial charge in [-0.1, -0.05) is 0 Å². The number of halogens is 2. The second kappa shape index (κ2) is 5.31. The molecule has 88 valence electrons. The van der Waals surface area contributed by atoms with Crippen LogP contribution in [-0.2, 0) is 0 Å². The first kappa shape index (κ1) is 12.1. The second-order valence-corrected chi connectivity index (χ2v) is 5.26. The van der Waals surface area contributed by atoms with E-state index in [-0.39, 0.29) is 11.9 Å². The van der Waals surface area contributed by atoms with E-state index in [4.69, 9.17) is 4.74 Å². The van der Waals surface area contributed by atoms with Gasteiger partial charge in [-0.05, 0) is 67.1 Å². The van der Waals surface area contributed by atoms with Crippen LogP contribution in [-0.4, -0.2) is 19.2 Å².